The number of aliphatic hydroxyl groups is 1. The summed E-state index contributed by atoms with van der Waals surface area (Å²) >= 11 is 0. The SMILES string of the molecule is [B]C(=O)CNC(=O)[C@H](CCCNC(N)=O)NC(=O)C(NC(=O)CCCCCN1C(=O)C=CC1=O)C(C)O. The molecule has 0 aromatic heterocycles. The number of aliphatic hydroxyl groups excluding tert-OH is 1. The highest BCUT2D eigenvalue weighted by atomic mass is 16.3. The van der Waals surface area contributed by atoms with Crippen LogP contribution in [0.3, 0.4) is 0 Å². The second-order valence-electron chi connectivity index (χ2n) is 8.44. The summed E-state index contributed by atoms with van der Waals surface area (Å²) in [5, 5.41) is 19.5. The molecule has 14 nitrogen and oxygen atoms in total. The number of primary amides is 1. The Hall–Kier alpha value is -3.75. The molecule has 202 valence electrons. The van der Waals surface area contributed by atoms with Crippen LogP contribution < -0.4 is 27.0 Å². The molecule has 7 amide bonds. The number of nitrogens with zero attached hydrogens (tertiary/aromatic N) is 1. The standard InChI is InChI=1S/C22H33BN6O8/c1-13(30)19(28-16(32)7-3-2-4-11-29-17(33)8-9-18(29)34)21(36)27-14(6-5-10-25-22(24)37)20(35)26-12-15(23)31/h8-9,13-14,19,30H,2-7,10-12H2,1H3,(H,26,35)(H,27,36)(H,28,32)(H3,24,25,37)/t13?,14-,19?/m0/s1. The van der Waals surface area contributed by atoms with Gasteiger partial charge in [0, 0.05) is 31.7 Å². The van der Waals surface area contributed by atoms with Gasteiger partial charge in [-0.15, -0.1) is 0 Å². The van der Waals surface area contributed by atoms with Gasteiger partial charge < -0.3 is 36.9 Å². The van der Waals surface area contributed by atoms with Gasteiger partial charge in [0.05, 0.1) is 18.3 Å². The van der Waals surface area contributed by atoms with E-state index >= 15 is 0 Å². The van der Waals surface area contributed by atoms with E-state index in [9.17, 15) is 38.7 Å². The van der Waals surface area contributed by atoms with Crippen molar-refractivity contribution in [1.29, 1.82) is 0 Å². The third-order valence-corrected chi connectivity index (χ3v) is 5.31. The Kier molecular flexibility index (Phi) is 13.6. The van der Waals surface area contributed by atoms with Crippen molar-refractivity contribution in [1.82, 2.24) is 26.2 Å². The van der Waals surface area contributed by atoms with Gasteiger partial charge >= 0.3 is 6.03 Å². The summed E-state index contributed by atoms with van der Waals surface area (Å²) in [5.41, 5.74) is 4.20. The minimum Gasteiger partial charge on any atom is -0.391 e. The van der Waals surface area contributed by atoms with E-state index in [2.05, 4.69) is 21.3 Å². The third kappa shape index (κ3) is 12.2. The molecule has 0 aromatic carbocycles. The predicted octanol–water partition coefficient (Wildman–Crippen LogP) is -2.92. The van der Waals surface area contributed by atoms with E-state index in [1.165, 1.54) is 19.1 Å². The Balaban J connectivity index is 2.58. The van der Waals surface area contributed by atoms with Crippen LogP contribution in [-0.4, -0.2) is 96.9 Å². The number of amides is 7. The quantitative estimate of drug-likeness (QED) is 0.0662. The van der Waals surface area contributed by atoms with Gasteiger partial charge in [-0.3, -0.25) is 28.9 Å². The molecule has 0 fully saturated rings. The number of rotatable bonds is 17. The van der Waals surface area contributed by atoms with Crippen LogP contribution in [-0.2, 0) is 28.8 Å². The molecule has 15 heteroatoms. The van der Waals surface area contributed by atoms with Crippen LogP contribution >= 0.6 is 0 Å². The van der Waals surface area contributed by atoms with Crippen LogP contribution in [0.25, 0.3) is 0 Å². The first-order valence-electron chi connectivity index (χ1n) is 11.8. The molecule has 2 unspecified atom stereocenters. The molecule has 1 aliphatic heterocycles. The lowest BCUT2D eigenvalue weighted by molar-refractivity contribution is -0.137. The second kappa shape index (κ2) is 16.1. The lowest BCUT2D eigenvalue weighted by Gasteiger charge is -2.24. The zero-order valence-electron chi connectivity index (χ0n) is 20.7. The highest BCUT2D eigenvalue weighted by Crippen LogP contribution is 2.08. The molecule has 0 saturated carbocycles. The molecule has 0 saturated heterocycles. The zero-order chi connectivity index (χ0) is 28.0. The maximum Gasteiger partial charge on any atom is 0.312 e. The second-order valence-corrected chi connectivity index (χ2v) is 8.44. The lowest BCUT2D eigenvalue weighted by atomic mass is 10.0. The smallest absolute Gasteiger partial charge is 0.312 e. The Labute approximate surface area is 215 Å². The van der Waals surface area contributed by atoms with Crippen LogP contribution in [0.2, 0.25) is 0 Å². The number of hydrogen-bond acceptors (Lipinski definition) is 8. The summed E-state index contributed by atoms with van der Waals surface area (Å²) in [5.74, 6) is -2.81. The van der Waals surface area contributed by atoms with Gasteiger partial charge in [-0.2, -0.15) is 0 Å². The highest BCUT2D eigenvalue weighted by molar-refractivity contribution is 6.58. The molecular weight excluding hydrogens is 487 g/mol. The summed E-state index contributed by atoms with van der Waals surface area (Å²) in [6.45, 7) is 1.19. The summed E-state index contributed by atoms with van der Waals surface area (Å²) in [4.78, 5) is 83.5. The average molecular weight is 520 g/mol. The fraction of sp³-hybridized carbons (Fsp3) is 0.591. The van der Waals surface area contributed by atoms with Crippen LogP contribution in [0, 0.1) is 0 Å². The number of carbonyl (C=O) groups is 7. The molecule has 37 heavy (non-hydrogen) atoms. The number of nitrogens with one attached hydrogen (secondary N) is 4. The highest BCUT2D eigenvalue weighted by Gasteiger charge is 2.29. The Bertz CT molecular complexity index is 892. The maximum atomic E-state index is 12.8. The number of hydrogen-bond donors (Lipinski definition) is 6. The lowest BCUT2D eigenvalue weighted by Crippen LogP contribution is -2.57. The van der Waals surface area contributed by atoms with E-state index in [0.717, 1.165) is 4.90 Å². The minimum absolute atomic E-state index is 0.0257. The van der Waals surface area contributed by atoms with Crippen molar-refractivity contribution in [2.45, 2.75) is 63.6 Å². The van der Waals surface area contributed by atoms with Crippen molar-refractivity contribution in [3.8, 4) is 0 Å². The van der Waals surface area contributed by atoms with Gasteiger partial charge in [0.25, 0.3) is 11.8 Å². The van der Waals surface area contributed by atoms with Crippen molar-refractivity contribution in [3.63, 3.8) is 0 Å². The van der Waals surface area contributed by atoms with Crippen LogP contribution in [0.15, 0.2) is 12.2 Å². The molecule has 1 heterocycles. The van der Waals surface area contributed by atoms with Crippen molar-refractivity contribution < 1.29 is 38.7 Å². The predicted molar refractivity (Wildman–Crippen MR) is 130 cm³/mol. The molecular formula is C22H33BN6O8. The number of urea groups is 1. The van der Waals surface area contributed by atoms with E-state index in [0.29, 0.717) is 19.3 Å². The Morgan fingerprint density at radius 1 is 0.973 bits per heavy atom. The fourth-order valence-electron chi connectivity index (χ4n) is 3.38. The van der Waals surface area contributed by atoms with Crippen molar-refractivity contribution in [3.05, 3.63) is 12.2 Å². The van der Waals surface area contributed by atoms with Crippen LogP contribution in [0.1, 0.15) is 45.4 Å². The monoisotopic (exact) mass is 520 g/mol. The van der Waals surface area contributed by atoms with Gasteiger partial charge in [-0.25, -0.2) is 4.79 Å². The van der Waals surface area contributed by atoms with E-state index in [4.69, 9.17) is 13.6 Å². The largest absolute Gasteiger partial charge is 0.391 e. The first-order valence-corrected chi connectivity index (χ1v) is 11.8. The summed E-state index contributed by atoms with van der Waals surface area (Å²) < 4.78 is 0. The summed E-state index contributed by atoms with van der Waals surface area (Å²) in [7, 11) is 5.02. The molecule has 3 atom stereocenters. The average Bonchev–Trinajstić information content (AvgIpc) is 3.14. The van der Waals surface area contributed by atoms with Gasteiger partial charge in [-0.05, 0) is 32.6 Å². The zero-order valence-corrected chi connectivity index (χ0v) is 20.7. The van der Waals surface area contributed by atoms with Gasteiger partial charge in [0.2, 0.25) is 17.7 Å². The Morgan fingerprint density at radius 3 is 2.19 bits per heavy atom. The van der Waals surface area contributed by atoms with Crippen LogP contribution in [0.5, 0.6) is 0 Å². The molecule has 0 spiro atoms. The van der Waals surface area contributed by atoms with E-state index < -0.39 is 54.2 Å². The topological polar surface area (TPSA) is 217 Å². The van der Waals surface area contributed by atoms with Gasteiger partial charge in [0.1, 0.15) is 12.1 Å². The molecule has 1 aliphatic rings. The summed E-state index contributed by atoms with van der Waals surface area (Å²) in [6, 6.07) is -3.27. The summed E-state index contributed by atoms with van der Waals surface area (Å²) in [6.07, 6.45) is 2.86. The normalized spacial score (nSPS) is 15.0. The number of carbonyl (C=O) groups excluding carboxylic acids is 7. The molecule has 0 aliphatic carbocycles. The van der Waals surface area contributed by atoms with Crippen molar-refractivity contribution in [2.24, 2.45) is 5.73 Å². The van der Waals surface area contributed by atoms with Crippen molar-refractivity contribution >= 4 is 49.1 Å². The number of imide groups is 1. The molecule has 1 rings (SSSR count). The van der Waals surface area contributed by atoms with E-state index in [1.807, 2.05) is 0 Å². The maximum absolute atomic E-state index is 12.8. The van der Waals surface area contributed by atoms with E-state index in [-0.39, 0.29) is 44.2 Å². The van der Waals surface area contributed by atoms with Crippen LogP contribution in [0.4, 0.5) is 4.79 Å². The van der Waals surface area contributed by atoms with Gasteiger partial charge in [0.15, 0.2) is 7.85 Å². The molecule has 0 aromatic rings. The fourth-order valence-corrected chi connectivity index (χ4v) is 3.38. The third-order valence-electron chi connectivity index (χ3n) is 5.31. The number of nitrogens with two attached hydrogens (primary N) is 1. The molecule has 7 N–H and O–H groups in total. The van der Waals surface area contributed by atoms with Crippen molar-refractivity contribution in [2.75, 3.05) is 19.6 Å². The first-order chi connectivity index (χ1) is 17.4. The minimum atomic E-state index is -1.37. The number of unbranched alkanes of at least 4 members (excludes halogenated alkanes) is 2. The molecule has 0 bridgehead atoms. The van der Waals surface area contributed by atoms with E-state index in [1.54, 1.807) is 0 Å². The first kappa shape index (κ1) is 31.3. The van der Waals surface area contributed by atoms with Gasteiger partial charge in [-0.1, -0.05) is 6.42 Å². The Morgan fingerprint density at radius 2 is 1.62 bits per heavy atom. The molecule has 2 radical (unpaired) electrons.